The Labute approximate surface area is 120 Å². The lowest BCUT2D eigenvalue weighted by molar-refractivity contribution is 0.143. The van der Waals surface area contributed by atoms with Crippen molar-refractivity contribution in [2.75, 3.05) is 13.1 Å². The molecule has 1 N–H and O–H groups in total. The van der Waals surface area contributed by atoms with Crippen molar-refractivity contribution < 1.29 is 4.79 Å². The van der Waals surface area contributed by atoms with Crippen LogP contribution in [0.15, 0.2) is 17.5 Å². The van der Waals surface area contributed by atoms with E-state index in [0.717, 1.165) is 19.5 Å². The third kappa shape index (κ3) is 3.72. The number of likely N-dealkylation sites (tertiary alicyclic amines) is 1. The van der Waals surface area contributed by atoms with Crippen LogP contribution in [0.1, 0.15) is 44.5 Å². The minimum absolute atomic E-state index is 0.0960. The molecule has 0 aliphatic carbocycles. The molecule has 0 saturated carbocycles. The predicted molar refractivity (Wildman–Crippen MR) is 80.4 cm³/mol. The normalized spacial score (nSPS) is 25.1. The summed E-state index contributed by atoms with van der Waals surface area (Å²) < 4.78 is 0. The fourth-order valence-electron chi connectivity index (χ4n) is 2.93. The largest absolute Gasteiger partial charge is 0.330 e. The summed E-state index contributed by atoms with van der Waals surface area (Å²) >= 11 is 1.71. The van der Waals surface area contributed by atoms with Crippen LogP contribution >= 0.6 is 11.3 Å². The maximum absolute atomic E-state index is 12.4. The molecule has 106 valence electrons. The van der Waals surface area contributed by atoms with Gasteiger partial charge in [0.05, 0.1) is 6.04 Å². The number of carbonyl (C=O) groups is 1. The summed E-state index contributed by atoms with van der Waals surface area (Å²) in [6, 6.07) is 4.39. The fraction of sp³-hybridized carbons (Fsp3) is 0.667. The van der Waals surface area contributed by atoms with Crippen LogP contribution in [-0.2, 0) is 0 Å². The van der Waals surface area contributed by atoms with Crippen LogP contribution in [0.2, 0.25) is 0 Å². The van der Waals surface area contributed by atoms with Crippen LogP contribution in [0.25, 0.3) is 0 Å². The number of hydrogen-bond donors (Lipinski definition) is 1. The molecule has 1 fully saturated rings. The molecule has 3 nitrogen and oxygen atoms in total. The van der Waals surface area contributed by atoms with E-state index in [0.29, 0.717) is 11.8 Å². The third-order valence-electron chi connectivity index (χ3n) is 3.75. The quantitative estimate of drug-likeness (QED) is 0.895. The Morgan fingerprint density at radius 3 is 2.68 bits per heavy atom. The molecule has 2 amide bonds. The van der Waals surface area contributed by atoms with Crippen LogP contribution in [0.4, 0.5) is 4.79 Å². The second kappa shape index (κ2) is 6.42. The van der Waals surface area contributed by atoms with Crippen molar-refractivity contribution in [1.82, 2.24) is 10.2 Å². The predicted octanol–water partition coefficient (Wildman–Crippen LogP) is 3.89. The van der Waals surface area contributed by atoms with Gasteiger partial charge in [-0.3, -0.25) is 0 Å². The first-order chi connectivity index (χ1) is 9.10. The molecule has 3 unspecified atom stereocenters. The highest BCUT2D eigenvalue weighted by atomic mass is 32.1. The lowest BCUT2D eigenvalue weighted by Crippen LogP contribution is -2.48. The van der Waals surface area contributed by atoms with E-state index in [1.54, 1.807) is 11.3 Å². The van der Waals surface area contributed by atoms with Gasteiger partial charge in [-0.25, -0.2) is 4.79 Å². The highest BCUT2D eigenvalue weighted by molar-refractivity contribution is 7.10. The van der Waals surface area contributed by atoms with Crippen molar-refractivity contribution >= 4 is 17.4 Å². The Bertz CT molecular complexity index is 394. The van der Waals surface area contributed by atoms with Gasteiger partial charge < -0.3 is 10.2 Å². The van der Waals surface area contributed by atoms with Crippen molar-refractivity contribution in [2.24, 2.45) is 11.8 Å². The molecule has 0 radical (unpaired) electrons. The molecule has 1 aliphatic heterocycles. The Balaban J connectivity index is 1.96. The smallest absolute Gasteiger partial charge is 0.317 e. The SMILES string of the molecule is CCC(NC(=O)N1CC(C)CC(C)C1)c1cccs1. The zero-order chi connectivity index (χ0) is 13.8. The molecule has 4 heteroatoms. The van der Waals surface area contributed by atoms with Gasteiger partial charge in [-0.05, 0) is 36.1 Å². The molecule has 0 spiro atoms. The number of piperidine rings is 1. The number of nitrogens with zero attached hydrogens (tertiary/aromatic N) is 1. The maximum Gasteiger partial charge on any atom is 0.317 e. The highest BCUT2D eigenvalue weighted by Gasteiger charge is 2.26. The van der Waals surface area contributed by atoms with Crippen LogP contribution in [0, 0.1) is 11.8 Å². The molecule has 2 rings (SSSR count). The zero-order valence-corrected chi connectivity index (χ0v) is 12.9. The van der Waals surface area contributed by atoms with E-state index in [2.05, 4.69) is 37.5 Å². The summed E-state index contributed by atoms with van der Waals surface area (Å²) in [6.07, 6.45) is 2.16. The number of nitrogens with one attached hydrogen (secondary N) is 1. The summed E-state index contributed by atoms with van der Waals surface area (Å²) in [6.45, 7) is 8.35. The molecule has 3 atom stereocenters. The van der Waals surface area contributed by atoms with E-state index in [1.165, 1.54) is 11.3 Å². The van der Waals surface area contributed by atoms with E-state index in [1.807, 2.05) is 11.0 Å². The minimum Gasteiger partial charge on any atom is -0.330 e. The molecule has 1 saturated heterocycles. The van der Waals surface area contributed by atoms with Crippen LogP contribution in [0.5, 0.6) is 0 Å². The van der Waals surface area contributed by atoms with Gasteiger partial charge in [0, 0.05) is 18.0 Å². The van der Waals surface area contributed by atoms with Gasteiger partial charge in [0.1, 0.15) is 0 Å². The van der Waals surface area contributed by atoms with E-state index >= 15 is 0 Å². The molecule has 2 heterocycles. The van der Waals surface area contributed by atoms with Gasteiger partial charge in [-0.2, -0.15) is 0 Å². The Hall–Kier alpha value is -1.03. The Morgan fingerprint density at radius 1 is 1.47 bits per heavy atom. The fourth-order valence-corrected chi connectivity index (χ4v) is 3.79. The van der Waals surface area contributed by atoms with E-state index in [-0.39, 0.29) is 12.1 Å². The van der Waals surface area contributed by atoms with E-state index in [4.69, 9.17) is 0 Å². The number of thiophene rings is 1. The topological polar surface area (TPSA) is 32.3 Å². The van der Waals surface area contributed by atoms with Crippen molar-refractivity contribution in [2.45, 2.75) is 39.7 Å². The van der Waals surface area contributed by atoms with Gasteiger partial charge in [-0.15, -0.1) is 11.3 Å². The van der Waals surface area contributed by atoms with Gasteiger partial charge in [0.2, 0.25) is 0 Å². The lowest BCUT2D eigenvalue weighted by atomic mass is 9.92. The molecule has 1 aromatic rings. The summed E-state index contributed by atoms with van der Waals surface area (Å²) in [5.74, 6) is 1.22. The molecule has 0 bridgehead atoms. The molecular weight excluding hydrogens is 256 g/mol. The molecule has 0 aromatic carbocycles. The molecule has 1 aromatic heterocycles. The first-order valence-electron chi connectivity index (χ1n) is 7.19. The standard InChI is InChI=1S/C15H24N2OS/c1-4-13(14-6-5-7-19-14)16-15(18)17-9-11(2)8-12(3)10-17/h5-7,11-13H,4,8-10H2,1-3H3,(H,16,18). The number of carbonyl (C=O) groups excluding carboxylic acids is 1. The van der Waals surface area contributed by atoms with Gasteiger partial charge in [0.25, 0.3) is 0 Å². The molecule has 19 heavy (non-hydrogen) atoms. The second-order valence-corrected chi connectivity index (χ2v) is 6.76. The van der Waals surface area contributed by atoms with Crippen molar-refractivity contribution in [3.8, 4) is 0 Å². The zero-order valence-electron chi connectivity index (χ0n) is 12.1. The molecular formula is C15H24N2OS. The van der Waals surface area contributed by atoms with Crippen LogP contribution in [0.3, 0.4) is 0 Å². The second-order valence-electron chi connectivity index (χ2n) is 5.78. The van der Waals surface area contributed by atoms with Crippen LogP contribution < -0.4 is 5.32 Å². The van der Waals surface area contributed by atoms with Gasteiger partial charge in [-0.1, -0.05) is 26.8 Å². The summed E-state index contributed by atoms with van der Waals surface area (Å²) in [5, 5.41) is 5.24. The number of urea groups is 1. The van der Waals surface area contributed by atoms with Crippen LogP contribution in [-0.4, -0.2) is 24.0 Å². The van der Waals surface area contributed by atoms with E-state index in [9.17, 15) is 4.79 Å². The average Bonchev–Trinajstić information content (AvgIpc) is 2.88. The molecule has 1 aliphatic rings. The first kappa shape index (κ1) is 14.4. The maximum atomic E-state index is 12.4. The Kier molecular flexibility index (Phi) is 4.86. The van der Waals surface area contributed by atoms with Crippen molar-refractivity contribution in [3.63, 3.8) is 0 Å². The number of rotatable bonds is 3. The first-order valence-corrected chi connectivity index (χ1v) is 8.07. The minimum atomic E-state index is 0.0960. The summed E-state index contributed by atoms with van der Waals surface area (Å²) in [7, 11) is 0. The van der Waals surface area contributed by atoms with Gasteiger partial charge in [0.15, 0.2) is 0 Å². The summed E-state index contributed by atoms with van der Waals surface area (Å²) in [5.41, 5.74) is 0. The van der Waals surface area contributed by atoms with Crippen molar-refractivity contribution in [3.05, 3.63) is 22.4 Å². The number of amides is 2. The lowest BCUT2D eigenvalue weighted by Gasteiger charge is -2.35. The summed E-state index contributed by atoms with van der Waals surface area (Å²) in [4.78, 5) is 15.6. The van der Waals surface area contributed by atoms with Gasteiger partial charge >= 0.3 is 6.03 Å². The third-order valence-corrected chi connectivity index (χ3v) is 4.73. The number of hydrogen-bond acceptors (Lipinski definition) is 2. The van der Waals surface area contributed by atoms with E-state index < -0.39 is 0 Å². The average molecular weight is 280 g/mol. The Morgan fingerprint density at radius 2 is 2.16 bits per heavy atom. The monoisotopic (exact) mass is 280 g/mol. The highest BCUT2D eigenvalue weighted by Crippen LogP contribution is 2.24. The van der Waals surface area contributed by atoms with Crippen molar-refractivity contribution in [1.29, 1.82) is 0 Å².